The number of benzene rings is 1. The summed E-state index contributed by atoms with van der Waals surface area (Å²) in [5, 5.41) is 24.9. The first-order valence-corrected chi connectivity index (χ1v) is 14.5. The van der Waals surface area contributed by atoms with E-state index >= 15 is 0 Å². The highest BCUT2D eigenvalue weighted by molar-refractivity contribution is 5.31. The van der Waals surface area contributed by atoms with Crippen molar-refractivity contribution in [1.82, 2.24) is 5.32 Å². The molecule has 0 aliphatic heterocycles. The molecule has 4 saturated carbocycles. The minimum atomic E-state index is -0.278. The summed E-state index contributed by atoms with van der Waals surface area (Å²) in [5.41, 5.74) is 1.80. The summed E-state index contributed by atoms with van der Waals surface area (Å²) < 4.78 is 0. The van der Waals surface area contributed by atoms with Gasteiger partial charge in [0, 0.05) is 18.2 Å². The van der Waals surface area contributed by atoms with E-state index in [4.69, 9.17) is 0 Å². The lowest BCUT2D eigenvalue weighted by molar-refractivity contribution is -0.137. The maximum absolute atomic E-state index is 11.1. The van der Waals surface area contributed by atoms with Gasteiger partial charge in [-0.2, -0.15) is 0 Å². The lowest BCUT2D eigenvalue weighted by atomic mass is 9.44. The first kappa shape index (κ1) is 24.6. The van der Waals surface area contributed by atoms with Crippen LogP contribution in [0.5, 0.6) is 5.75 Å². The highest BCUT2D eigenvalue weighted by Crippen LogP contribution is 2.68. The smallest absolute Gasteiger partial charge is 0.120 e. The van der Waals surface area contributed by atoms with Crippen LogP contribution in [0.3, 0.4) is 0 Å². The van der Waals surface area contributed by atoms with Crippen molar-refractivity contribution < 1.29 is 10.2 Å². The van der Waals surface area contributed by atoms with Crippen molar-refractivity contribution in [3.63, 3.8) is 0 Å². The number of aliphatic hydroxyl groups is 1. The van der Waals surface area contributed by atoms with Crippen molar-refractivity contribution in [2.75, 3.05) is 0 Å². The van der Waals surface area contributed by atoms with Crippen LogP contribution >= 0.6 is 0 Å². The van der Waals surface area contributed by atoms with Gasteiger partial charge in [-0.15, -0.1) is 0 Å². The molecule has 3 N–H and O–H groups in total. The second-order valence-corrected chi connectivity index (χ2v) is 13.3. The number of hydrogen-bond donors (Lipinski definition) is 3. The van der Waals surface area contributed by atoms with Crippen LogP contribution in [0.15, 0.2) is 24.3 Å². The van der Waals surface area contributed by atoms with Gasteiger partial charge < -0.3 is 15.5 Å². The predicted molar refractivity (Wildman–Crippen MR) is 139 cm³/mol. The number of aliphatic hydroxyl groups excluding tert-OH is 1. The number of fused-ring (bicyclic) bond motifs is 5. The molecule has 4 aliphatic carbocycles. The van der Waals surface area contributed by atoms with E-state index in [0.29, 0.717) is 29.0 Å². The molecule has 0 saturated heterocycles. The average Bonchev–Trinajstić information content (AvgIpc) is 3.16. The molecule has 0 radical (unpaired) electrons. The molecule has 4 fully saturated rings. The van der Waals surface area contributed by atoms with Gasteiger partial charge in [0.25, 0.3) is 0 Å². The molecule has 3 heteroatoms. The van der Waals surface area contributed by atoms with Crippen LogP contribution in [0.25, 0.3) is 0 Å². The van der Waals surface area contributed by atoms with Crippen LogP contribution in [-0.4, -0.2) is 22.4 Å². The lowest BCUT2D eigenvalue weighted by Crippen LogP contribution is -2.59. The fraction of sp³-hybridized carbons (Fsp3) is 0.806. The van der Waals surface area contributed by atoms with Crippen molar-refractivity contribution in [2.45, 2.75) is 111 Å². The van der Waals surface area contributed by atoms with Crippen LogP contribution < -0.4 is 5.32 Å². The third-order valence-corrected chi connectivity index (χ3v) is 11.8. The fourth-order valence-electron chi connectivity index (χ4n) is 10.0. The van der Waals surface area contributed by atoms with E-state index in [1.807, 2.05) is 18.2 Å². The van der Waals surface area contributed by atoms with Crippen molar-refractivity contribution in [1.29, 1.82) is 0 Å². The van der Waals surface area contributed by atoms with Gasteiger partial charge >= 0.3 is 0 Å². The summed E-state index contributed by atoms with van der Waals surface area (Å²) in [5.74, 6) is 5.41. The Morgan fingerprint density at radius 1 is 1.03 bits per heavy atom. The Hall–Kier alpha value is -1.06. The van der Waals surface area contributed by atoms with E-state index in [0.717, 1.165) is 48.0 Å². The maximum atomic E-state index is 11.1. The number of phenolic OH excluding ortho intramolecular Hbond substituents is 1. The number of rotatable bonds is 6. The molecular formula is C31H49NO2. The van der Waals surface area contributed by atoms with Crippen LogP contribution in [0, 0.1) is 46.3 Å². The minimum Gasteiger partial charge on any atom is -0.508 e. The standard InChI is InChI=1S/C31H49NO2/c1-5-8-20(2)24-13-14-25-23-12-11-22-17-29(34)27(32-19-21-9-6-7-10-28(21)33)18-31(22,4)26(23)15-16-30(24,25)3/h6-7,9-10,20,22-27,29,32-34H,5,8,11-19H2,1-4H3/t20-,22?,23+,24-,25+,26+,27-,29-,30-,31+/m1/s1. The number of aromatic hydroxyl groups is 1. The van der Waals surface area contributed by atoms with Gasteiger partial charge in [-0.25, -0.2) is 0 Å². The Bertz CT molecular complexity index is 856. The molecule has 10 atom stereocenters. The van der Waals surface area contributed by atoms with E-state index in [1.165, 1.54) is 51.4 Å². The monoisotopic (exact) mass is 467 g/mol. The van der Waals surface area contributed by atoms with Gasteiger partial charge in [0.2, 0.25) is 0 Å². The molecule has 1 aromatic carbocycles. The quantitative estimate of drug-likeness (QED) is 0.426. The summed E-state index contributed by atoms with van der Waals surface area (Å²) in [4.78, 5) is 0. The predicted octanol–water partition coefficient (Wildman–Crippen LogP) is 6.92. The molecule has 4 aliphatic rings. The van der Waals surface area contributed by atoms with Gasteiger partial charge in [-0.05, 0) is 104 Å². The van der Waals surface area contributed by atoms with Gasteiger partial charge in [-0.1, -0.05) is 58.7 Å². The molecule has 190 valence electrons. The first-order chi connectivity index (χ1) is 16.3. The van der Waals surface area contributed by atoms with Crippen LogP contribution in [-0.2, 0) is 6.54 Å². The molecule has 5 rings (SSSR count). The SMILES string of the molecule is CCC[C@@H](C)[C@H]1CC[C@H]2[C@@H]3CCC4C[C@@H](O)[C@H](NCc5ccccc5O)C[C@]4(C)[C@H]3CC[C@]12C. The molecular weight excluding hydrogens is 418 g/mol. The molecule has 1 unspecified atom stereocenters. The zero-order valence-corrected chi connectivity index (χ0v) is 22.1. The summed E-state index contributed by atoms with van der Waals surface area (Å²) >= 11 is 0. The zero-order chi connectivity index (χ0) is 24.1. The molecule has 0 bridgehead atoms. The van der Waals surface area contributed by atoms with Gasteiger partial charge in [0.05, 0.1) is 6.10 Å². The Kier molecular flexibility index (Phi) is 6.83. The van der Waals surface area contributed by atoms with Crippen molar-refractivity contribution in [3.05, 3.63) is 29.8 Å². The van der Waals surface area contributed by atoms with E-state index in [2.05, 4.69) is 33.0 Å². The van der Waals surface area contributed by atoms with Crippen LogP contribution in [0.2, 0.25) is 0 Å². The van der Waals surface area contributed by atoms with E-state index in [-0.39, 0.29) is 12.1 Å². The molecule has 1 aromatic rings. The van der Waals surface area contributed by atoms with Gasteiger partial charge in [0.1, 0.15) is 5.75 Å². The van der Waals surface area contributed by atoms with E-state index in [1.54, 1.807) is 6.07 Å². The van der Waals surface area contributed by atoms with Crippen molar-refractivity contribution in [2.24, 2.45) is 46.3 Å². The van der Waals surface area contributed by atoms with E-state index in [9.17, 15) is 10.2 Å². The van der Waals surface area contributed by atoms with Gasteiger partial charge in [0.15, 0.2) is 0 Å². The lowest BCUT2D eigenvalue weighted by Gasteiger charge is -2.62. The second kappa shape index (κ2) is 9.43. The van der Waals surface area contributed by atoms with Gasteiger partial charge in [-0.3, -0.25) is 0 Å². The van der Waals surface area contributed by atoms with Crippen molar-refractivity contribution >= 4 is 0 Å². The maximum Gasteiger partial charge on any atom is 0.120 e. The first-order valence-electron chi connectivity index (χ1n) is 14.5. The summed E-state index contributed by atoms with van der Waals surface area (Å²) in [6.07, 6.45) is 12.9. The summed E-state index contributed by atoms with van der Waals surface area (Å²) in [7, 11) is 0. The molecule has 0 heterocycles. The zero-order valence-electron chi connectivity index (χ0n) is 22.1. The summed E-state index contributed by atoms with van der Waals surface area (Å²) in [6, 6.07) is 7.71. The molecule has 34 heavy (non-hydrogen) atoms. The highest BCUT2D eigenvalue weighted by atomic mass is 16.3. The molecule has 3 nitrogen and oxygen atoms in total. The number of hydrogen-bond acceptors (Lipinski definition) is 3. The Morgan fingerprint density at radius 3 is 2.56 bits per heavy atom. The third-order valence-electron chi connectivity index (χ3n) is 11.8. The Labute approximate surface area is 208 Å². The van der Waals surface area contributed by atoms with Crippen molar-refractivity contribution in [3.8, 4) is 5.75 Å². The number of para-hydroxylation sites is 1. The van der Waals surface area contributed by atoms with E-state index < -0.39 is 0 Å². The largest absolute Gasteiger partial charge is 0.508 e. The number of nitrogens with one attached hydrogen (secondary N) is 1. The molecule has 0 spiro atoms. The molecule has 0 aromatic heterocycles. The second-order valence-electron chi connectivity index (χ2n) is 13.3. The Morgan fingerprint density at radius 2 is 1.79 bits per heavy atom. The minimum absolute atomic E-state index is 0.119. The molecule has 0 amide bonds. The topological polar surface area (TPSA) is 52.5 Å². The summed E-state index contributed by atoms with van der Waals surface area (Å²) in [6.45, 7) is 10.8. The van der Waals surface area contributed by atoms with Crippen LogP contribution in [0.1, 0.15) is 97.5 Å². The normalized spacial score (nSPS) is 44.7. The van der Waals surface area contributed by atoms with Crippen LogP contribution in [0.4, 0.5) is 0 Å². The highest BCUT2D eigenvalue weighted by Gasteiger charge is 2.61. The average molecular weight is 468 g/mol. The number of phenols is 1. The third kappa shape index (κ3) is 4.03. The fourth-order valence-corrected chi connectivity index (χ4v) is 10.0. The Balaban J connectivity index is 1.32.